The summed E-state index contributed by atoms with van der Waals surface area (Å²) >= 11 is 0. The maximum absolute atomic E-state index is 5.81. The van der Waals surface area contributed by atoms with Gasteiger partial charge in [0.1, 0.15) is 18.1 Å². The third kappa shape index (κ3) is 4.11. The summed E-state index contributed by atoms with van der Waals surface area (Å²) in [5.74, 6) is 3.35. The normalized spacial score (nSPS) is 12.5. The molecule has 3 rings (SSSR count). The lowest BCUT2D eigenvalue weighted by molar-refractivity contribution is 0.174. The summed E-state index contributed by atoms with van der Waals surface area (Å²) in [7, 11) is 1.66. The molecule has 0 saturated carbocycles. The van der Waals surface area contributed by atoms with Crippen LogP contribution < -0.4 is 18.9 Å². The predicted octanol–water partition coefficient (Wildman–Crippen LogP) is 3.32. The molecule has 0 bridgehead atoms. The standard InChI is InChI=1S/C19H23NO4/c1-3-20(10-11-22-17-7-5-16(21-2)6-8-17)13-15-4-9-18-19(12-15)24-14-23-18/h4-9,12H,3,10-11,13-14H2,1-2H3. The van der Waals surface area contributed by atoms with Gasteiger partial charge in [0.25, 0.3) is 0 Å². The van der Waals surface area contributed by atoms with Crippen LogP contribution in [0.5, 0.6) is 23.0 Å². The Morgan fingerprint density at radius 2 is 1.75 bits per heavy atom. The molecule has 1 aliphatic heterocycles. The number of rotatable bonds is 8. The first kappa shape index (κ1) is 16.5. The van der Waals surface area contributed by atoms with Crippen LogP contribution in [0.2, 0.25) is 0 Å². The van der Waals surface area contributed by atoms with Gasteiger partial charge in [-0.25, -0.2) is 0 Å². The third-order valence-electron chi connectivity index (χ3n) is 4.03. The Balaban J connectivity index is 1.49. The highest BCUT2D eigenvalue weighted by molar-refractivity contribution is 5.44. The van der Waals surface area contributed by atoms with E-state index >= 15 is 0 Å². The van der Waals surface area contributed by atoms with Crippen LogP contribution in [0, 0.1) is 0 Å². The van der Waals surface area contributed by atoms with E-state index in [1.54, 1.807) is 7.11 Å². The van der Waals surface area contributed by atoms with Crippen LogP contribution in [0.1, 0.15) is 12.5 Å². The van der Waals surface area contributed by atoms with Crippen LogP contribution in [0.15, 0.2) is 42.5 Å². The molecule has 0 spiro atoms. The van der Waals surface area contributed by atoms with Gasteiger partial charge in [0.2, 0.25) is 6.79 Å². The third-order valence-corrected chi connectivity index (χ3v) is 4.03. The number of fused-ring (bicyclic) bond motifs is 1. The molecule has 0 radical (unpaired) electrons. The molecule has 24 heavy (non-hydrogen) atoms. The summed E-state index contributed by atoms with van der Waals surface area (Å²) in [6.45, 7) is 5.79. The van der Waals surface area contributed by atoms with Crippen molar-refractivity contribution in [1.29, 1.82) is 0 Å². The average Bonchev–Trinajstić information content (AvgIpc) is 3.09. The van der Waals surface area contributed by atoms with E-state index in [0.717, 1.165) is 42.6 Å². The number of ether oxygens (including phenoxy) is 4. The Bertz CT molecular complexity index is 657. The summed E-state index contributed by atoms with van der Waals surface area (Å²) in [6, 6.07) is 13.8. The topological polar surface area (TPSA) is 40.2 Å². The number of hydrogen-bond acceptors (Lipinski definition) is 5. The number of methoxy groups -OCH3 is 1. The smallest absolute Gasteiger partial charge is 0.231 e. The van der Waals surface area contributed by atoms with Gasteiger partial charge in [0.05, 0.1) is 7.11 Å². The average molecular weight is 329 g/mol. The first-order valence-electron chi connectivity index (χ1n) is 8.16. The summed E-state index contributed by atoms with van der Waals surface area (Å²) in [6.07, 6.45) is 0. The summed E-state index contributed by atoms with van der Waals surface area (Å²) in [5.41, 5.74) is 1.21. The minimum Gasteiger partial charge on any atom is -0.497 e. The molecule has 0 saturated heterocycles. The van der Waals surface area contributed by atoms with Crippen molar-refractivity contribution < 1.29 is 18.9 Å². The monoisotopic (exact) mass is 329 g/mol. The highest BCUT2D eigenvalue weighted by Gasteiger charge is 2.14. The second-order valence-corrected chi connectivity index (χ2v) is 5.58. The van der Waals surface area contributed by atoms with E-state index in [2.05, 4.69) is 24.0 Å². The number of benzene rings is 2. The number of hydrogen-bond donors (Lipinski definition) is 0. The summed E-state index contributed by atoms with van der Waals surface area (Å²) < 4.78 is 21.7. The van der Waals surface area contributed by atoms with Gasteiger partial charge in [-0.05, 0) is 48.5 Å². The second kappa shape index (κ2) is 7.93. The molecule has 1 heterocycles. The number of nitrogens with zero attached hydrogens (tertiary/aromatic N) is 1. The fourth-order valence-corrected chi connectivity index (χ4v) is 2.61. The highest BCUT2D eigenvalue weighted by Crippen LogP contribution is 2.32. The zero-order valence-electron chi connectivity index (χ0n) is 14.2. The maximum atomic E-state index is 5.81. The molecular weight excluding hydrogens is 306 g/mol. The van der Waals surface area contributed by atoms with E-state index in [4.69, 9.17) is 18.9 Å². The molecular formula is C19H23NO4. The van der Waals surface area contributed by atoms with Gasteiger partial charge in [0.15, 0.2) is 11.5 Å². The molecule has 2 aromatic rings. The van der Waals surface area contributed by atoms with Gasteiger partial charge < -0.3 is 18.9 Å². The zero-order valence-corrected chi connectivity index (χ0v) is 14.2. The van der Waals surface area contributed by atoms with Crippen LogP contribution in [0.4, 0.5) is 0 Å². The minimum absolute atomic E-state index is 0.311. The van der Waals surface area contributed by atoms with Crippen molar-refractivity contribution in [1.82, 2.24) is 4.90 Å². The highest BCUT2D eigenvalue weighted by atomic mass is 16.7. The quantitative estimate of drug-likeness (QED) is 0.743. The molecule has 2 aromatic carbocycles. The van der Waals surface area contributed by atoms with Gasteiger partial charge >= 0.3 is 0 Å². The van der Waals surface area contributed by atoms with E-state index in [9.17, 15) is 0 Å². The van der Waals surface area contributed by atoms with Crippen LogP contribution >= 0.6 is 0 Å². The van der Waals surface area contributed by atoms with Gasteiger partial charge in [0, 0.05) is 13.1 Å². The lowest BCUT2D eigenvalue weighted by Crippen LogP contribution is -2.27. The fraction of sp³-hybridized carbons (Fsp3) is 0.368. The van der Waals surface area contributed by atoms with Crippen molar-refractivity contribution in [2.75, 3.05) is 33.6 Å². The molecule has 0 N–H and O–H groups in total. The molecule has 0 unspecified atom stereocenters. The fourth-order valence-electron chi connectivity index (χ4n) is 2.61. The van der Waals surface area contributed by atoms with E-state index < -0.39 is 0 Å². The molecule has 0 aromatic heterocycles. The Kier molecular flexibility index (Phi) is 5.43. The molecule has 0 fully saturated rings. The first-order valence-corrected chi connectivity index (χ1v) is 8.16. The minimum atomic E-state index is 0.311. The Morgan fingerprint density at radius 3 is 2.50 bits per heavy atom. The zero-order chi connectivity index (χ0) is 16.8. The predicted molar refractivity (Wildman–Crippen MR) is 92.0 cm³/mol. The van der Waals surface area contributed by atoms with Crippen molar-refractivity contribution in [3.05, 3.63) is 48.0 Å². The first-order chi connectivity index (χ1) is 11.8. The Hall–Kier alpha value is -2.40. The van der Waals surface area contributed by atoms with Gasteiger partial charge in [-0.2, -0.15) is 0 Å². The van der Waals surface area contributed by atoms with Crippen molar-refractivity contribution in [2.45, 2.75) is 13.5 Å². The maximum Gasteiger partial charge on any atom is 0.231 e. The molecule has 0 atom stereocenters. The lowest BCUT2D eigenvalue weighted by Gasteiger charge is -2.20. The lowest BCUT2D eigenvalue weighted by atomic mass is 10.2. The van der Waals surface area contributed by atoms with E-state index in [-0.39, 0.29) is 0 Å². The van der Waals surface area contributed by atoms with E-state index in [0.29, 0.717) is 13.4 Å². The Morgan fingerprint density at radius 1 is 1.00 bits per heavy atom. The summed E-state index contributed by atoms with van der Waals surface area (Å²) in [5, 5.41) is 0. The van der Waals surface area contributed by atoms with Crippen LogP contribution in [0.3, 0.4) is 0 Å². The SMILES string of the molecule is CCN(CCOc1ccc(OC)cc1)Cc1ccc2c(c1)OCO2. The number of likely N-dealkylation sites (N-methyl/N-ethyl adjacent to an activating group) is 1. The molecule has 1 aliphatic rings. The summed E-state index contributed by atoms with van der Waals surface area (Å²) in [4.78, 5) is 2.33. The molecule has 128 valence electrons. The van der Waals surface area contributed by atoms with Gasteiger partial charge in [-0.15, -0.1) is 0 Å². The second-order valence-electron chi connectivity index (χ2n) is 5.58. The van der Waals surface area contributed by atoms with Crippen molar-refractivity contribution in [2.24, 2.45) is 0 Å². The van der Waals surface area contributed by atoms with Gasteiger partial charge in [-0.3, -0.25) is 4.90 Å². The molecule has 0 amide bonds. The van der Waals surface area contributed by atoms with E-state index in [1.165, 1.54) is 5.56 Å². The van der Waals surface area contributed by atoms with Crippen LogP contribution in [0.25, 0.3) is 0 Å². The Labute approximate surface area is 142 Å². The van der Waals surface area contributed by atoms with Crippen LogP contribution in [-0.4, -0.2) is 38.5 Å². The van der Waals surface area contributed by atoms with Gasteiger partial charge in [-0.1, -0.05) is 13.0 Å². The van der Waals surface area contributed by atoms with E-state index in [1.807, 2.05) is 30.3 Å². The molecule has 5 nitrogen and oxygen atoms in total. The molecule has 0 aliphatic carbocycles. The van der Waals surface area contributed by atoms with Crippen LogP contribution in [-0.2, 0) is 6.54 Å². The van der Waals surface area contributed by atoms with Crippen molar-refractivity contribution in [3.63, 3.8) is 0 Å². The largest absolute Gasteiger partial charge is 0.497 e. The van der Waals surface area contributed by atoms with Crippen molar-refractivity contribution >= 4 is 0 Å². The van der Waals surface area contributed by atoms with Crippen molar-refractivity contribution in [3.8, 4) is 23.0 Å². The molecule has 5 heteroatoms.